The van der Waals surface area contributed by atoms with Gasteiger partial charge >= 0.3 is 0 Å². The van der Waals surface area contributed by atoms with E-state index in [-0.39, 0.29) is 16.3 Å². The van der Waals surface area contributed by atoms with E-state index < -0.39 is 23.0 Å². The molecule has 3 N–H and O–H groups in total. The Balaban J connectivity index is 2.99. The number of hydrogen-bond donors (Lipinski definition) is 2. The van der Waals surface area contributed by atoms with E-state index in [0.717, 1.165) is 0 Å². The largest absolute Gasteiger partial charge is 0.495 e. The summed E-state index contributed by atoms with van der Waals surface area (Å²) in [5.41, 5.74) is 5.77. The third kappa shape index (κ3) is 3.53. The van der Waals surface area contributed by atoms with Crippen LogP contribution in [0.3, 0.4) is 0 Å². The summed E-state index contributed by atoms with van der Waals surface area (Å²) in [6, 6.07) is 3.71. The van der Waals surface area contributed by atoms with Crippen molar-refractivity contribution in [3.63, 3.8) is 0 Å². The number of halogens is 2. The molecule has 96 valence electrons. The fourth-order valence-corrected chi connectivity index (χ4v) is 2.14. The van der Waals surface area contributed by atoms with Crippen molar-refractivity contribution >= 4 is 15.7 Å². The minimum atomic E-state index is -3.97. The van der Waals surface area contributed by atoms with Crippen molar-refractivity contribution in [3.05, 3.63) is 18.2 Å². The molecule has 0 aliphatic rings. The van der Waals surface area contributed by atoms with Crippen LogP contribution in [0, 0.1) is 0 Å². The van der Waals surface area contributed by atoms with Gasteiger partial charge in [-0.05, 0) is 12.1 Å². The molecular formula is C9H12F2N2O3S. The second kappa shape index (κ2) is 5.28. The van der Waals surface area contributed by atoms with E-state index in [0.29, 0.717) is 0 Å². The minimum absolute atomic E-state index is 0.171. The second-order valence-corrected chi connectivity index (χ2v) is 4.91. The van der Waals surface area contributed by atoms with Gasteiger partial charge in [-0.25, -0.2) is 21.9 Å². The molecule has 1 aromatic rings. The maximum absolute atomic E-state index is 11.9. The van der Waals surface area contributed by atoms with Crippen LogP contribution >= 0.6 is 0 Å². The molecule has 17 heavy (non-hydrogen) atoms. The first-order chi connectivity index (χ1) is 7.86. The number of hydrogen-bond acceptors (Lipinski definition) is 4. The van der Waals surface area contributed by atoms with Crippen LogP contribution in [0.15, 0.2) is 23.1 Å². The van der Waals surface area contributed by atoms with Crippen LogP contribution in [0.2, 0.25) is 0 Å². The van der Waals surface area contributed by atoms with Crippen molar-refractivity contribution in [1.29, 1.82) is 0 Å². The third-order valence-corrected chi connectivity index (χ3v) is 3.36. The Morgan fingerprint density at radius 3 is 2.65 bits per heavy atom. The first-order valence-electron chi connectivity index (χ1n) is 4.58. The molecule has 0 aliphatic carbocycles. The van der Waals surface area contributed by atoms with Crippen LogP contribution in [0.5, 0.6) is 5.75 Å². The van der Waals surface area contributed by atoms with Crippen molar-refractivity contribution in [2.45, 2.75) is 11.3 Å². The summed E-state index contributed by atoms with van der Waals surface area (Å²) in [6.07, 6.45) is -2.75. The Bertz CT molecular complexity index is 491. The number of sulfonamides is 1. The molecule has 5 nitrogen and oxygen atoms in total. The summed E-state index contributed by atoms with van der Waals surface area (Å²) in [5, 5.41) is 0. The van der Waals surface area contributed by atoms with Gasteiger partial charge in [0.25, 0.3) is 6.43 Å². The zero-order valence-corrected chi connectivity index (χ0v) is 9.80. The van der Waals surface area contributed by atoms with Gasteiger partial charge in [-0.3, -0.25) is 0 Å². The molecule has 0 spiro atoms. The van der Waals surface area contributed by atoms with Gasteiger partial charge in [-0.2, -0.15) is 0 Å². The third-order valence-electron chi connectivity index (χ3n) is 1.94. The molecule has 0 heterocycles. The summed E-state index contributed by atoms with van der Waals surface area (Å²) in [5.74, 6) is 0.171. The van der Waals surface area contributed by atoms with Gasteiger partial charge in [-0.1, -0.05) is 0 Å². The van der Waals surface area contributed by atoms with Gasteiger partial charge in [0.05, 0.1) is 24.2 Å². The molecule has 1 aromatic carbocycles. The maximum Gasteiger partial charge on any atom is 0.251 e. The normalized spacial score (nSPS) is 11.8. The van der Waals surface area contributed by atoms with Crippen LogP contribution in [-0.2, 0) is 10.0 Å². The van der Waals surface area contributed by atoms with Crippen LogP contribution in [0.4, 0.5) is 14.5 Å². The Hall–Kier alpha value is -1.41. The zero-order chi connectivity index (χ0) is 13.1. The van der Waals surface area contributed by atoms with E-state index in [9.17, 15) is 17.2 Å². The molecule has 0 saturated carbocycles. The summed E-state index contributed by atoms with van der Waals surface area (Å²) < 4.78 is 53.6. The quantitative estimate of drug-likeness (QED) is 0.773. The average molecular weight is 266 g/mol. The molecule has 0 unspecified atom stereocenters. The monoisotopic (exact) mass is 266 g/mol. The van der Waals surface area contributed by atoms with Crippen LogP contribution in [-0.4, -0.2) is 28.5 Å². The van der Waals surface area contributed by atoms with E-state index in [4.69, 9.17) is 10.5 Å². The van der Waals surface area contributed by atoms with E-state index >= 15 is 0 Å². The number of alkyl halides is 2. The number of rotatable bonds is 5. The van der Waals surface area contributed by atoms with Gasteiger partial charge in [0.15, 0.2) is 0 Å². The van der Waals surface area contributed by atoms with Gasteiger partial charge < -0.3 is 10.5 Å². The van der Waals surface area contributed by atoms with Crippen LogP contribution < -0.4 is 15.2 Å². The molecule has 8 heteroatoms. The highest BCUT2D eigenvalue weighted by atomic mass is 32.2. The number of methoxy groups -OCH3 is 1. The van der Waals surface area contributed by atoms with Crippen LogP contribution in [0.25, 0.3) is 0 Å². The molecule has 0 fully saturated rings. The number of anilines is 1. The summed E-state index contributed by atoms with van der Waals surface area (Å²) in [4.78, 5) is -0.177. The Labute approximate surface area is 97.6 Å². The summed E-state index contributed by atoms with van der Waals surface area (Å²) >= 11 is 0. The number of nitrogens with two attached hydrogens (primary N) is 1. The van der Waals surface area contributed by atoms with Gasteiger partial charge in [0.2, 0.25) is 10.0 Å². The van der Waals surface area contributed by atoms with Crippen molar-refractivity contribution in [1.82, 2.24) is 4.72 Å². The fourth-order valence-electron chi connectivity index (χ4n) is 1.11. The van der Waals surface area contributed by atoms with E-state index in [2.05, 4.69) is 0 Å². The highest BCUT2D eigenvalue weighted by Gasteiger charge is 2.17. The molecule has 0 aliphatic heterocycles. The van der Waals surface area contributed by atoms with Crippen LogP contribution in [0.1, 0.15) is 0 Å². The Morgan fingerprint density at radius 2 is 2.12 bits per heavy atom. The predicted molar refractivity (Wildman–Crippen MR) is 58.6 cm³/mol. The maximum atomic E-state index is 11.9. The Kier molecular flexibility index (Phi) is 4.24. The SMILES string of the molecule is COc1cc(S(=O)(=O)NCC(F)F)ccc1N. The number of nitrogens with one attached hydrogen (secondary N) is 1. The topological polar surface area (TPSA) is 81.4 Å². The lowest BCUT2D eigenvalue weighted by atomic mass is 10.3. The number of ether oxygens (including phenoxy) is 1. The molecule has 1 rings (SSSR count). The minimum Gasteiger partial charge on any atom is -0.495 e. The zero-order valence-electron chi connectivity index (χ0n) is 8.98. The molecule has 0 bridgehead atoms. The average Bonchev–Trinajstić information content (AvgIpc) is 2.27. The first-order valence-corrected chi connectivity index (χ1v) is 6.06. The van der Waals surface area contributed by atoms with Crippen molar-refractivity contribution in [3.8, 4) is 5.75 Å². The fraction of sp³-hybridized carbons (Fsp3) is 0.333. The van der Waals surface area contributed by atoms with Crippen molar-refractivity contribution in [2.24, 2.45) is 0 Å². The molecule has 0 radical (unpaired) electrons. The van der Waals surface area contributed by atoms with Gasteiger partial charge in [0.1, 0.15) is 5.75 Å². The Morgan fingerprint density at radius 1 is 1.47 bits per heavy atom. The molecule has 0 amide bonds. The molecule has 0 atom stereocenters. The predicted octanol–water partition coefficient (Wildman–Crippen LogP) is 0.821. The highest BCUT2D eigenvalue weighted by molar-refractivity contribution is 7.89. The number of nitrogen functional groups attached to an aromatic ring is 1. The molecular weight excluding hydrogens is 254 g/mol. The van der Waals surface area contributed by atoms with Gasteiger partial charge in [-0.15, -0.1) is 0 Å². The highest BCUT2D eigenvalue weighted by Crippen LogP contribution is 2.24. The smallest absolute Gasteiger partial charge is 0.251 e. The lowest BCUT2D eigenvalue weighted by Gasteiger charge is -2.09. The first kappa shape index (κ1) is 13.7. The summed E-state index contributed by atoms with van der Waals surface area (Å²) in [6.45, 7) is -0.935. The number of benzene rings is 1. The van der Waals surface area contributed by atoms with E-state index in [1.54, 1.807) is 4.72 Å². The second-order valence-electron chi connectivity index (χ2n) is 3.15. The summed E-state index contributed by atoms with van der Waals surface area (Å²) in [7, 11) is -2.64. The lowest BCUT2D eigenvalue weighted by Crippen LogP contribution is -2.28. The van der Waals surface area contributed by atoms with E-state index in [1.807, 2.05) is 0 Å². The standard InChI is InChI=1S/C9H12F2N2O3S/c1-16-8-4-6(2-3-7(8)12)17(14,15)13-5-9(10)11/h2-4,9,13H,5,12H2,1H3. The van der Waals surface area contributed by atoms with Gasteiger partial charge in [0, 0.05) is 6.07 Å². The van der Waals surface area contributed by atoms with E-state index in [1.165, 1.54) is 25.3 Å². The molecule has 0 saturated heterocycles. The van der Waals surface area contributed by atoms with Crippen molar-refractivity contribution in [2.75, 3.05) is 19.4 Å². The van der Waals surface area contributed by atoms with Crippen molar-refractivity contribution < 1.29 is 21.9 Å². The molecule has 0 aromatic heterocycles. The lowest BCUT2D eigenvalue weighted by molar-refractivity contribution is 0.153.